The fourth-order valence-electron chi connectivity index (χ4n) is 2.19. The van der Waals surface area contributed by atoms with Gasteiger partial charge in [-0.25, -0.2) is 0 Å². The van der Waals surface area contributed by atoms with Gasteiger partial charge in [0.2, 0.25) is 5.91 Å². The van der Waals surface area contributed by atoms with Crippen LogP contribution in [0.15, 0.2) is 11.6 Å². The first kappa shape index (κ1) is 10.7. The van der Waals surface area contributed by atoms with E-state index in [0.29, 0.717) is 12.0 Å². The Kier molecular flexibility index (Phi) is 3.10. The lowest BCUT2D eigenvalue weighted by Gasteiger charge is -2.37. The second-order valence-corrected chi connectivity index (χ2v) is 4.61. The minimum atomic E-state index is 0.224. The van der Waals surface area contributed by atoms with E-state index in [2.05, 4.69) is 13.0 Å². The van der Waals surface area contributed by atoms with Crippen molar-refractivity contribution in [2.45, 2.75) is 32.3 Å². The Labute approximate surface area is 91.1 Å². The highest BCUT2D eigenvalue weighted by atomic mass is 16.5. The van der Waals surface area contributed by atoms with Gasteiger partial charge in [-0.1, -0.05) is 11.6 Å². The standard InChI is InChI=1S/C12H19NO2/c1-9-3-5-13(6-4-9)12(14)10-7-11(8-10)15-2/h3,10-11H,4-8H2,1-2H3. The van der Waals surface area contributed by atoms with E-state index in [4.69, 9.17) is 4.74 Å². The maximum atomic E-state index is 12.0. The summed E-state index contributed by atoms with van der Waals surface area (Å²) in [7, 11) is 1.72. The quantitative estimate of drug-likeness (QED) is 0.646. The number of nitrogens with zero attached hydrogens (tertiary/aromatic N) is 1. The summed E-state index contributed by atoms with van der Waals surface area (Å²) >= 11 is 0. The molecule has 0 aromatic heterocycles. The fraction of sp³-hybridized carbons (Fsp3) is 0.750. The molecule has 1 aliphatic heterocycles. The molecule has 0 saturated heterocycles. The predicted octanol–water partition coefficient (Wildman–Crippen LogP) is 1.59. The molecule has 1 heterocycles. The molecule has 1 aliphatic carbocycles. The minimum absolute atomic E-state index is 0.224. The summed E-state index contributed by atoms with van der Waals surface area (Å²) < 4.78 is 5.19. The lowest BCUT2D eigenvalue weighted by molar-refractivity contribution is -0.143. The number of ether oxygens (including phenoxy) is 1. The molecular formula is C12H19NO2. The van der Waals surface area contributed by atoms with Crippen LogP contribution in [0, 0.1) is 5.92 Å². The molecule has 84 valence electrons. The van der Waals surface area contributed by atoms with Gasteiger partial charge in [0.1, 0.15) is 0 Å². The number of amides is 1. The van der Waals surface area contributed by atoms with Crippen molar-refractivity contribution in [2.24, 2.45) is 5.92 Å². The fourth-order valence-corrected chi connectivity index (χ4v) is 2.19. The molecule has 0 radical (unpaired) electrons. The summed E-state index contributed by atoms with van der Waals surface area (Å²) in [6.07, 6.45) is 5.34. The van der Waals surface area contributed by atoms with Crippen LogP contribution in [-0.2, 0) is 9.53 Å². The van der Waals surface area contributed by atoms with Crippen molar-refractivity contribution in [3.05, 3.63) is 11.6 Å². The number of methoxy groups -OCH3 is 1. The third kappa shape index (κ3) is 2.23. The minimum Gasteiger partial charge on any atom is -0.381 e. The number of carbonyl (C=O) groups excluding carboxylic acids is 1. The van der Waals surface area contributed by atoms with Crippen LogP contribution < -0.4 is 0 Å². The zero-order chi connectivity index (χ0) is 10.8. The first-order valence-electron chi connectivity index (χ1n) is 5.68. The molecule has 0 bridgehead atoms. The van der Waals surface area contributed by atoms with Crippen LogP contribution in [0.1, 0.15) is 26.2 Å². The van der Waals surface area contributed by atoms with Gasteiger partial charge in [0.05, 0.1) is 6.10 Å². The molecular weight excluding hydrogens is 190 g/mol. The van der Waals surface area contributed by atoms with Gasteiger partial charge in [-0.05, 0) is 26.2 Å². The first-order chi connectivity index (χ1) is 7.20. The lowest BCUT2D eigenvalue weighted by atomic mass is 9.81. The van der Waals surface area contributed by atoms with E-state index in [1.54, 1.807) is 7.11 Å². The maximum absolute atomic E-state index is 12.0. The van der Waals surface area contributed by atoms with E-state index in [9.17, 15) is 4.79 Å². The highest BCUT2D eigenvalue weighted by molar-refractivity contribution is 5.80. The Bertz CT molecular complexity index is 279. The van der Waals surface area contributed by atoms with E-state index in [1.807, 2.05) is 4.90 Å². The second-order valence-electron chi connectivity index (χ2n) is 4.61. The Morgan fingerprint density at radius 3 is 2.80 bits per heavy atom. The van der Waals surface area contributed by atoms with Crippen molar-refractivity contribution in [1.82, 2.24) is 4.90 Å². The molecule has 0 N–H and O–H groups in total. The van der Waals surface area contributed by atoms with Crippen LogP contribution in [0.5, 0.6) is 0 Å². The van der Waals surface area contributed by atoms with Crippen LogP contribution in [0.3, 0.4) is 0 Å². The van der Waals surface area contributed by atoms with Crippen molar-refractivity contribution in [3.8, 4) is 0 Å². The molecule has 3 heteroatoms. The van der Waals surface area contributed by atoms with E-state index in [1.165, 1.54) is 5.57 Å². The number of hydrogen-bond acceptors (Lipinski definition) is 2. The van der Waals surface area contributed by atoms with E-state index in [0.717, 1.165) is 32.4 Å². The Balaban J connectivity index is 1.83. The van der Waals surface area contributed by atoms with E-state index >= 15 is 0 Å². The van der Waals surface area contributed by atoms with Crippen LogP contribution in [0.25, 0.3) is 0 Å². The van der Waals surface area contributed by atoms with Crippen molar-refractivity contribution in [2.75, 3.05) is 20.2 Å². The molecule has 3 nitrogen and oxygen atoms in total. The van der Waals surface area contributed by atoms with Gasteiger partial charge in [0.25, 0.3) is 0 Å². The van der Waals surface area contributed by atoms with Crippen LogP contribution in [0.4, 0.5) is 0 Å². The molecule has 2 aliphatic rings. The Morgan fingerprint density at radius 1 is 1.53 bits per heavy atom. The number of carbonyl (C=O) groups is 1. The molecule has 0 aromatic carbocycles. The van der Waals surface area contributed by atoms with Gasteiger partial charge in [-0.2, -0.15) is 0 Å². The van der Waals surface area contributed by atoms with Gasteiger partial charge in [0, 0.05) is 26.1 Å². The lowest BCUT2D eigenvalue weighted by Crippen LogP contribution is -2.45. The molecule has 0 aromatic rings. The molecule has 2 rings (SSSR count). The summed E-state index contributed by atoms with van der Waals surface area (Å²) in [5.74, 6) is 0.550. The van der Waals surface area contributed by atoms with Gasteiger partial charge in [-0.3, -0.25) is 4.79 Å². The highest BCUT2D eigenvalue weighted by Crippen LogP contribution is 2.31. The Hall–Kier alpha value is -0.830. The first-order valence-corrected chi connectivity index (χ1v) is 5.68. The number of rotatable bonds is 2. The summed E-state index contributed by atoms with van der Waals surface area (Å²) in [4.78, 5) is 14.0. The second kappa shape index (κ2) is 4.35. The van der Waals surface area contributed by atoms with Gasteiger partial charge in [-0.15, -0.1) is 0 Å². The van der Waals surface area contributed by atoms with Crippen LogP contribution in [0.2, 0.25) is 0 Å². The van der Waals surface area contributed by atoms with Gasteiger partial charge < -0.3 is 9.64 Å². The summed E-state index contributed by atoms with van der Waals surface area (Å²) in [5, 5.41) is 0. The SMILES string of the molecule is COC1CC(C(=O)N2CC=C(C)CC2)C1. The highest BCUT2D eigenvalue weighted by Gasteiger charge is 2.36. The van der Waals surface area contributed by atoms with E-state index in [-0.39, 0.29) is 5.92 Å². The maximum Gasteiger partial charge on any atom is 0.226 e. The zero-order valence-corrected chi connectivity index (χ0v) is 9.53. The molecule has 0 unspecified atom stereocenters. The molecule has 0 spiro atoms. The van der Waals surface area contributed by atoms with Crippen molar-refractivity contribution >= 4 is 5.91 Å². The predicted molar refractivity (Wildman–Crippen MR) is 58.5 cm³/mol. The smallest absolute Gasteiger partial charge is 0.226 e. The average molecular weight is 209 g/mol. The van der Waals surface area contributed by atoms with Gasteiger partial charge in [0.15, 0.2) is 0 Å². The van der Waals surface area contributed by atoms with Crippen molar-refractivity contribution in [1.29, 1.82) is 0 Å². The van der Waals surface area contributed by atoms with Crippen molar-refractivity contribution < 1.29 is 9.53 Å². The van der Waals surface area contributed by atoms with Gasteiger partial charge >= 0.3 is 0 Å². The summed E-state index contributed by atoms with van der Waals surface area (Å²) in [6, 6.07) is 0. The van der Waals surface area contributed by atoms with Crippen molar-refractivity contribution in [3.63, 3.8) is 0 Å². The van der Waals surface area contributed by atoms with E-state index < -0.39 is 0 Å². The number of hydrogen-bond donors (Lipinski definition) is 0. The Morgan fingerprint density at radius 2 is 2.27 bits per heavy atom. The average Bonchev–Trinajstić information content (AvgIpc) is 2.17. The monoisotopic (exact) mass is 209 g/mol. The molecule has 1 amide bonds. The third-order valence-corrected chi connectivity index (χ3v) is 3.53. The zero-order valence-electron chi connectivity index (χ0n) is 9.53. The third-order valence-electron chi connectivity index (χ3n) is 3.53. The molecule has 15 heavy (non-hydrogen) atoms. The summed E-state index contributed by atoms with van der Waals surface area (Å²) in [5.41, 5.74) is 1.41. The molecule has 0 atom stereocenters. The van der Waals surface area contributed by atoms with Crippen LogP contribution >= 0.6 is 0 Å². The topological polar surface area (TPSA) is 29.5 Å². The molecule has 1 saturated carbocycles. The summed E-state index contributed by atoms with van der Waals surface area (Å²) in [6.45, 7) is 3.83. The normalized spacial score (nSPS) is 30.8. The molecule has 1 fully saturated rings. The largest absolute Gasteiger partial charge is 0.381 e. The van der Waals surface area contributed by atoms with Crippen LogP contribution in [-0.4, -0.2) is 37.1 Å².